The third-order valence-electron chi connectivity index (χ3n) is 3.24. The Labute approximate surface area is 115 Å². The van der Waals surface area contributed by atoms with Gasteiger partial charge in [-0.15, -0.1) is 0 Å². The van der Waals surface area contributed by atoms with Gasteiger partial charge in [0.25, 0.3) is 5.91 Å². The minimum Gasteiger partial charge on any atom is -0.480 e. The lowest BCUT2D eigenvalue weighted by molar-refractivity contribution is -0.141. The van der Waals surface area contributed by atoms with Gasteiger partial charge in [0.1, 0.15) is 6.04 Å². The zero-order valence-corrected chi connectivity index (χ0v) is 11.1. The Morgan fingerprint density at radius 2 is 2.11 bits per heavy atom. The second-order valence-corrected chi connectivity index (χ2v) is 5.10. The number of likely N-dealkylation sites (tertiary alicyclic amines) is 1. The third kappa shape index (κ3) is 2.72. The number of hydrogen-bond acceptors (Lipinski definition) is 3. The lowest BCUT2D eigenvalue weighted by atomic mass is 10.1. The first-order valence-corrected chi connectivity index (χ1v) is 6.26. The van der Waals surface area contributed by atoms with Crippen LogP contribution in [0.4, 0.5) is 0 Å². The summed E-state index contributed by atoms with van der Waals surface area (Å²) in [6.45, 7) is 1.78. The molecular weight excluding hydrogens is 270 g/mol. The van der Waals surface area contributed by atoms with Crippen LogP contribution in [0.5, 0.6) is 0 Å². The molecule has 102 valence electrons. The first-order chi connectivity index (χ1) is 8.90. The van der Waals surface area contributed by atoms with Crippen molar-refractivity contribution in [2.24, 2.45) is 0 Å². The maximum Gasteiger partial charge on any atom is 0.326 e. The molecule has 1 aromatic rings. The van der Waals surface area contributed by atoms with Crippen LogP contribution in [0.3, 0.4) is 0 Å². The number of β-amino-alcohol motifs (C(OH)–C–C–N with tert-alkyl or cyclic N) is 1. The Hall–Kier alpha value is -1.59. The van der Waals surface area contributed by atoms with Crippen molar-refractivity contribution in [1.82, 2.24) is 4.90 Å². The van der Waals surface area contributed by atoms with Crippen molar-refractivity contribution < 1.29 is 19.8 Å². The fourth-order valence-electron chi connectivity index (χ4n) is 2.29. The number of carboxylic acid groups (broad SMARTS) is 1. The van der Waals surface area contributed by atoms with Crippen LogP contribution in [-0.2, 0) is 4.79 Å². The van der Waals surface area contributed by atoms with Crippen molar-refractivity contribution in [3.63, 3.8) is 0 Å². The normalized spacial score (nSPS) is 22.6. The van der Waals surface area contributed by atoms with Gasteiger partial charge in [-0.3, -0.25) is 4.79 Å². The predicted molar refractivity (Wildman–Crippen MR) is 69.3 cm³/mol. The summed E-state index contributed by atoms with van der Waals surface area (Å²) in [5.74, 6) is -1.49. The van der Waals surface area contributed by atoms with Crippen LogP contribution in [-0.4, -0.2) is 45.7 Å². The van der Waals surface area contributed by atoms with Crippen molar-refractivity contribution in [2.45, 2.75) is 25.5 Å². The molecule has 2 atom stereocenters. The molecule has 0 unspecified atom stereocenters. The molecule has 5 nitrogen and oxygen atoms in total. The van der Waals surface area contributed by atoms with Crippen LogP contribution >= 0.6 is 11.6 Å². The number of benzene rings is 1. The highest BCUT2D eigenvalue weighted by atomic mass is 35.5. The highest BCUT2D eigenvalue weighted by Gasteiger charge is 2.39. The number of amides is 1. The number of hydrogen-bond donors (Lipinski definition) is 2. The smallest absolute Gasteiger partial charge is 0.326 e. The molecule has 0 saturated carbocycles. The summed E-state index contributed by atoms with van der Waals surface area (Å²) in [4.78, 5) is 24.7. The second-order valence-electron chi connectivity index (χ2n) is 4.66. The third-order valence-corrected chi connectivity index (χ3v) is 3.48. The van der Waals surface area contributed by atoms with Crippen LogP contribution in [0.25, 0.3) is 0 Å². The molecule has 0 aromatic heterocycles. The Kier molecular flexibility index (Phi) is 3.78. The van der Waals surface area contributed by atoms with Crippen LogP contribution in [0.15, 0.2) is 18.2 Å². The monoisotopic (exact) mass is 283 g/mol. The Morgan fingerprint density at radius 1 is 1.42 bits per heavy atom. The molecule has 2 N–H and O–H groups in total. The number of carbonyl (C=O) groups excluding carboxylic acids is 1. The van der Waals surface area contributed by atoms with Crippen LogP contribution < -0.4 is 0 Å². The van der Waals surface area contributed by atoms with Gasteiger partial charge in [-0.05, 0) is 30.7 Å². The summed E-state index contributed by atoms with van der Waals surface area (Å²) < 4.78 is 0. The lowest BCUT2D eigenvalue weighted by Crippen LogP contribution is -2.40. The topological polar surface area (TPSA) is 77.8 Å². The number of aryl methyl sites for hydroxylation is 1. The number of aliphatic hydroxyl groups is 1. The first-order valence-electron chi connectivity index (χ1n) is 5.88. The van der Waals surface area contributed by atoms with Crippen molar-refractivity contribution in [2.75, 3.05) is 6.54 Å². The molecule has 6 heteroatoms. The molecule has 2 rings (SSSR count). The van der Waals surface area contributed by atoms with E-state index in [1.54, 1.807) is 25.1 Å². The van der Waals surface area contributed by atoms with E-state index in [0.717, 1.165) is 0 Å². The predicted octanol–water partition coefficient (Wildman–Crippen LogP) is 1.31. The second kappa shape index (κ2) is 5.19. The van der Waals surface area contributed by atoms with Crippen molar-refractivity contribution >= 4 is 23.5 Å². The van der Waals surface area contributed by atoms with Gasteiger partial charge in [0, 0.05) is 23.6 Å². The average Bonchev–Trinajstić information content (AvgIpc) is 2.70. The molecule has 1 heterocycles. The molecule has 1 saturated heterocycles. The molecule has 1 fully saturated rings. The quantitative estimate of drug-likeness (QED) is 0.858. The number of halogens is 1. The highest BCUT2D eigenvalue weighted by Crippen LogP contribution is 2.23. The van der Waals surface area contributed by atoms with Crippen molar-refractivity contribution in [3.8, 4) is 0 Å². The van der Waals surface area contributed by atoms with Gasteiger partial charge in [-0.2, -0.15) is 0 Å². The van der Waals surface area contributed by atoms with E-state index < -0.39 is 24.0 Å². The summed E-state index contributed by atoms with van der Waals surface area (Å²) in [5.41, 5.74) is 1.09. The molecule has 19 heavy (non-hydrogen) atoms. The van der Waals surface area contributed by atoms with Crippen LogP contribution in [0.1, 0.15) is 22.3 Å². The van der Waals surface area contributed by atoms with E-state index >= 15 is 0 Å². The Bertz CT molecular complexity index is 531. The zero-order valence-electron chi connectivity index (χ0n) is 10.3. The Morgan fingerprint density at radius 3 is 2.68 bits per heavy atom. The van der Waals surface area contributed by atoms with E-state index in [1.165, 1.54) is 4.90 Å². The fourth-order valence-corrected chi connectivity index (χ4v) is 2.52. The molecule has 0 spiro atoms. The van der Waals surface area contributed by atoms with Gasteiger partial charge < -0.3 is 15.1 Å². The standard InChI is InChI=1S/C13H14ClNO4/c1-7-4-8(14)2-3-10(7)12(17)15-6-9(16)5-11(15)13(18)19/h2-4,9,11,16H,5-6H2,1H3,(H,18,19)/t9-,11-/m0/s1. The molecule has 0 radical (unpaired) electrons. The maximum atomic E-state index is 12.3. The summed E-state index contributed by atoms with van der Waals surface area (Å²) in [5, 5.41) is 19.2. The van der Waals surface area contributed by atoms with E-state index in [0.29, 0.717) is 16.1 Å². The minimum atomic E-state index is -1.10. The van der Waals surface area contributed by atoms with Crippen LogP contribution in [0, 0.1) is 6.92 Å². The average molecular weight is 284 g/mol. The van der Waals surface area contributed by atoms with E-state index in [-0.39, 0.29) is 13.0 Å². The van der Waals surface area contributed by atoms with Gasteiger partial charge in [0.2, 0.25) is 0 Å². The van der Waals surface area contributed by atoms with Crippen molar-refractivity contribution in [3.05, 3.63) is 34.3 Å². The zero-order chi connectivity index (χ0) is 14.2. The molecule has 0 bridgehead atoms. The lowest BCUT2D eigenvalue weighted by Gasteiger charge is -2.22. The molecule has 1 aliphatic heterocycles. The highest BCUT2D eigenvalue weighted by molar-refractivity contribution is 6.30. The van der Waals surface area contributed by atoms with E-state index in [2.05, 4.69) is 0 Å². The molecular formula is C13H14ClNO4. The first kappa shape index (κ1) is 13.8. The number of carboxylic acids is 1. The number of aliphatic carboxylic acids is 1. The number of carbonyl (C=O) groups is 2. The van der Waals surface area contributed by atoms with Crippen LogP contribution in [0.2, 0.25) is 5.02 Å². The minimum absolute atomic E-state index is 0.0396. The molecule has 0 aliphatic carbocycles. The van der Waals surface area contributed by atoms with E-state index in [1.807, 2.05) is 0 Å². The van der Waals surface area contributed by atoms with E-state index in [4.69, 9.17) is 16.7 Å². The number of nitrogens with zero attached hydrogens (tertiary/aromatic N) is 1. The maximum absolute atomic E-state index is 12.3. The van der Waals surface area contributed by atoms with Crippen molar-refractivity contribution in [1.29, 1.82) is 0 Å². The molecule has 1 aromatic carbocycles. The number of aliphatic hydroxyl groups excluding tert-OH is 1. The summed E-state index contributed by atoms with van der Waals surface area (Å²) >= 11 is 5.82. The number of rotatable bonds is 2. The Balaban J connectivity index is 2.30. The summed E-state index contributed by atoms with van der Waals surface area (Å²) in [7, 11) is 0. The fraction of sp³-hybridized carbons (Fsp3) is 0.385. The molecule has 1 aliphatic rings. The van der Waals surface area contributed by atoms with Gasteiger partial charge in [-0.25, -0.2) is 4.79 Å². The van der Waals surface area contributed by atoms with Gasteiger partial charge in [0.15, 0.2) is 0 Å². The summed E-state index contributed by atoms with van der Waals surface area (Å²) in [6, 6.07) is 3.84. The van der Waals surface area contributed by atoms with Gasteiger partial charge in [0.05, 0.1) is 6.10 Å². The van der Waals surface area contributed by atoms with E-state index in [9.17, 15) is 14.7 Å². The summed E-state index contributed by atoms with van der Waals surface area (Å²) in [6.07, 6.45) is -0.731. The largest absolute Gasteiger partial charge is 0.480 e. The SMILES string of the molecule is Cc1cc(Cl)ccc1C(=O)N1C[C@@H](O)C[C@H]1C(=O)O. The van der Waals surface area contributed by atoms with Gasteiger partial charge in [-0.1, -0.05) is 11.6 Å². The van der Waals surface area contributed by atoms with Gasteiger partial charge >= 0.3 is 5.97 Å². The molecule has 1 amide bonds.